The van der Waals surface area contributed by atoms with E-state index >= 15 is 0 Å². The van der Waals surface area contributed by atoms with Crippen molar-refractivity contribution in [3.63, 3.8) is 0 Å². The van der Waals surface area contributed by atoms with Crippen molar-refractivity contribution in [3.8, 4) is 0 Å². The van der Waals surface area contributed by atoms with E-state index in [0.29, 0.717) is 18.8 Å². The van der Waals surface area contributed by atoms with E-state index in [4.69, 9.17) is 5.73 Å². The van der Waals surface area contributed by atoms with E-state index in [1.165, 1.54) is 0 Å². The molecule has 3 rings (SSSR count). The number of nitrogens with one attached hydrogen (secondary N) is 1. The van der Waals surface area contributed by atoms with Crippen LogP contribution in [0.2, 0.25) is 0 Å². The van der Waals surface area contributed by atoms with Gasteiger partial charge in [0.25, 0.3) is 0 Å². The number of hydrogen-bond donors (Lipinski definition) is 2. The number of benzene rings is 1. The van der Waals surface area contributed by atoms with E-state index in [9.17, 15) is 4.79 Å². The Balaban J connectivity index is 1.48. The minimum absolute atomic E-state index is 0.0644. The van der Waals surface area contributed by atoms with Gasteiger partial charge in [-0.05, 0) is 37.8 Å². The molecular formula is C20H25N5O. The van der Waals surface area contributed by atoms with Crippen molar-refractivity contribution in [3.05, 3.63) is 53.5 Å². The quantitative estimate of drug-likeness (QED) is 0.641. The lowest BCUT2D eigenvalue weighted by Crippen LogP contribution is -2.26. The minimum atomic E-state index is 0.0644. The molecule has 0 saturated carbocycles. The highest BCUT2D eigenvalue weighted by Crippen LogP contribution is 2.24. The van der Waals surface area contributed by atoms with Gasteiger partial charge >= 0.3 is 0 Å². The standard InChI is InChI=1S/C20H25N5O/c1-14-15(2)24-20(21)18-19(14)25(13-23-18)11-7-6-10-22-17(26)12-16-8-4-3-5-9-16/h3-5,8-9,13H,6-7,10-12H2,1-2H3,(H2,21,24)(H,22,26). The van der Waals surface area contributed by atoms with E-state index in [0.717, 1.165) is 47.2 Å². The number of nitrogens with zero attached hydrogens (tertiary/aromatic N) is 3. The molecule has 2 aromatic heterocycles. The summed E-state index contributed by atoms with van der Waals surface area (Å²) in [6, 6.07) is 9.78. The molecule has 0 aliphatic heterocycles. The number of anilines is 1. The summed E-state index contributed by atoms with van der Waals surface area (Å²) in [5.41, 5.74) is 10.9. The Morgan fingerprint density at radius 1 is 1.19 bits per heavy atom. The zero-order chi connectivity index (χ0) is 18.5. The molecule has 0 radical (unpaired) electrons. The Morgan fingerprint density at radius 2 is 1.96 bits per heavy atom. The molecule has 3 aromatic rings. The number of pyridine rings is 1. The van der Waals surface area contributed by atoms with Gasteiger partial charge in [0.05, 0.1) is 18.3 Å². The van der Waals surface area contributed by atoms with Crippen LogP contribution in [0, 0.1) is 13.8 Å². The third-order valence-electron chi connectivity index (χ3n) is 4.62. The lowest BCUT2D eigenvalue weighted by Gasteiger charge is -2.09. The summed E-state index contributed by atoms with van der Waals surface area (Å²) < 4.78 is 2.13. The summed E-state index contributed by atoms with van der Waals surface area (Å²) in [5.74, 6) is 0.546. The molecule has 0 fully saturated rings. The van der Waals surface area contributed by atoms with Crippen LogP contribution in [0.5, 0.6) is 0 Å². The van der Waals surface area contributed by atoms with E-state index in [1.54, 1.807) is 0 Å². The van der Waals surface area contributed by atoms with Crippen LogP contribution in [0.25, 0.3) is 11.0 Å². The van der Waals surface area contributed by atoms with Crippen LogP contribution in [0.4, 0.5) is 5.82 Å². The first kappa shape index (κ1) is 17.9. The second-order valence-corrected chi connectivity index (χ2v) is 6.56. The van der Waals surface area contributed by atoms with E-state index in [2.05, 4.69) is 19.9 Å². The lowest BCUT2D eigenvalue weighted by molar-refractivity contribution is -0.120. The monoisotopic (exact) mass is 351 g/mol. The van der Waals surface area contributed by atoms with Crippen molar-refractivity contribution in [2.75, 3.05) is 12.3 Å². The van der Waals surface area contributed by atoms with E-state index < -0.39 is 0 Å². The highest BCUT2D eigenvalue weighted by molar-refractivity contribution is 5.88. The molecule has 26 heavy (non-hydrogen) atoms. The number of rotatable bonds is 7. The van der Waals surface area contributed by atoms with Crippen molar-refractivity contribution in [2.24, 2.45) is 0 Å². The maximum Gasteiger partial charge on any atom is 0.224 e. The molecule has 2 heterocycles. The van der Waals surface area contributed by atoms with Crippen molar-refractivity contribution in [1.29, 1.82) is 0 Å². The average molecular weight is 351 g/mol. The van der Waals surface area contributed by atoms with Gasteiger partial charge in [0.1, 0.15) is 5.52 Å². The molecule has 0 spiro atoms. The van der Waals surface area contributed by atoms with Gasteiger partial charge in [0.2, 0.25) is 5.91 Å². The Labute approximate surface area is 153 Å². The van der Waals surface area contributed by atoms with Gasteiger partial charge in [0, 0.05) is 18.8 Å². The topological polar surface area (TPSA) is 85.8 Å². The Hall–Kier alpha value is -2.89. The summed E-state index contributed by atoms with van der Waals surface area (Å²) in [4.78, 5) is 20.7. The van der Waals surface area contributed by atoms with Crippen molar-refractivity contribution < 1.29 is 4.79 Å². The molecule has 0 aliphatic carbocycles. The first-order valence-electron chi connectivity index (χ1n) is 8.94. The number of nitrogens with two attached hydrogens (primary N) is 1. The normalized spacial score (nSPS) is 11.0. The zero-order valence-electron chi connectivity index (χ0n) is 15.3. The van der Waals surface area contributed by atoms with Crippen molar-refractivity contribution in [1.82, 2.24) is 19.9 Å². The number of hydrogen-bond acceptors (Lipinski definition) is 4. The SMILES string of the molecule is Cc1nc(N)c2ncn(CCCCNC(=O)Cc3ccccc3)c2c1C. The Bertz CT molecular complexity index is 901. The number of carbonyl (C=O) groups excluding carboxylic acids is 1. The predicted octanol–water partition coefficient (Wildman–Crippen LogP) is 2.77. The van der Waals surface area contributed by atoms with Gasteiger partial charge in [-0.1, -0.05) is 30.3 Å². The van der Waals surface area contributed by atoms with Crippen molar-refractivity contribution >= 4 is 22.8 Å². The zero-order valence-corrected chi connectivity index (χ0v) is 15.3. The number of amides is 1. The fraction of sp³-hybridized carbons (Fsp3) is 0.350. The van der Waals surface area contributed by atoms with Gasteiger partial charge in [-0.15, -0.1) is 0 Å². The molecule has 6 nitrogen and oxygen atoms in total. The summed E-state index contributed by atoms with van der Waals surface area (Å²) in [5, 5.41) is 2.98. The van der Waals surface area contributed by atoms with Gasteiger partial charge < -0.3 is 15.6 Å². The van der Waals surface area contributed by atoms with Gasteiger partial charge in [0.15, 0.2) is 5.82 Å². The van der Waals surface area contributed by atoms with Gasteiger partial charge in [-0.2, -0.15) is 0 Å². The van der Waals surface area contributed by atoms with E-state index in [1.807, 2.05) is 50.5 Å². The number of imidazole rings is 1. The lowest BCUT2D eigenvalue weighted by atomic mass is 10.1. The number of nitrogen functional groups attached to an aromatic ring is 1. The molecule has 6 heteroatoms. The predicted molar refractivity (Wildman–Crippen MR) is 104 cm³/mol. The number of fused-ring (bicyclic) bond motifs is 1. The van der Waals surface area contributed by atoms with Crippen LogP contribution >= 0.6 is 0 Å². The molecule has 3 N–H and O–H groups in total. The number of unbranched alkanes of at least 4 members (excludes halogenated alkanes) is 1. The fourth-order valence-corrected chi connectivity index (χ4v) is 3.10. The molecule has 0 unspecified atom stereocenters. The van der Waals surface area contributed by atoms with Gasteiger partial charge in [-0.3, -0.25) is 4.79 Å². The second-order valence-electron chi connectivity index (χ2n) is 6.56. The molecule has 1 aromatic carbocycles. The summed E-state index contributed by atoms with van der Waals surface area (Å²) >= 11 is 0. The molecule has 0 atom stereocenters. The number of aromatic nitrogens is 3. The molecule has 0 bridgehead atoms. The first-order chi connectivity index (χ1) is 12.6. The van der Waals surface area contributed by atoms with Crippen LogP contribution < -0.4 is 11.1 Å². The van der Waals surface area contributed by atoms with Crippen LogP contribution in [0.3, 0.4) is 0 Å². The van der Waals surface area contributed by atoms with Gasteiger partial charge in [-0.25, -0.2) is 9.97 Å². The summed E-state index contributed by atoms with van der Waals surface area (Å²) in [7, 11) is 0. The number of carbonyl (C=O) groups is 1. The molecule has 136 valence electrons. The highest BCUT2D eigenvalue weighted by Gasteiger charge is 2.12. The Kier molecular flexibility index (Phi) is 5.51. The molecule has 0 aliphatic rings. The average Bonchev–Trinajstić information content (AvgIpc) is 3.05. The maximum absolute atomic E-state index is 12.0. The summed E-state index contributed by atoms with van der Waals surface area (Å²) in [6.45, 7) is 5.53. The fourth-order valence-electron chi connectivity index (χ4n) is 3.10. The highest BCUT2D eigenvalue weighted by atomic mass is 16.1. The Morgan fingerprint density at radius 3 is 2.73 bits per heavy atom. The molecule has 0 saturated heterocycles. The number of aryl methyl sites for hydroxylation is 3. The molecule has 1 amide bonds. The molecular weight excluding hydrogens is 326 g/mol. The van der Waals surface area contributed by atoms with Crippen LogP contribution in [0.15, 0.2) is 36.7 Å². The first-order valence-corrected chi connectivity index (χ1v) is 8.94. The largest absolute Gasteiger partial charge is 0.382 e. The minimum Gasteiger partial charge on any atom is -0.382 e. The van der Waals surface area contributed by atoms with Crippen LogP contribution in [-0.4, -0.2) is 27.0 Å². The smallest absolute Gasteiger partial charge is 0.224 e. The van der Waals surface area contributed by atoms with E-state index in [-0.39, 0.29) is 5.91 Å². The third-order valence-corrected chi connectivity index (χ3v) is 4.62. The maximum atomic E-state index is 12.0. The summed E-state index contributed by atoms with van der Waals surface area (Å²) in [6.07, 6.45) is 4.12. The van der Waals surface area contributed by atoms with Crippen LogP contribution in [0.1, 0.15) is 29.7 Å². The third kappa shape index (κ3) is 4.02. The second kappa shape index (κ2) is 7.99. The van der Waals surface area contributed by atoms with Crippen LogP contribution in [-0.2, 0) is 17.8 Å². The van der Waals surface area contributed by atoms with Crippen molar-refractivity contribution in [2.45, 2.75) is 39.7 Å².